The van der Waals surface area contributed by atoms with E-state index in [2.05, 4.69) is 15.3 Å². The van der Waals surface area contributed by atoms with E-state index in [4.69, 9.17) is 5.11 Å². The second-order valence-electron chi connectivity index (χ2n) is 2.55. The Morgan fingerprint density at radius 1 is 1.57 bits per heavy atom. The van der Waals surface area contributed by atoms with Gasteiger partial charge in [0, 0.05) is 6.07 Å². The zero-order chi connectivity index (χ0) is 10.1. The Kier molecular flexibility index (Phi) is 1.70. The Morgan fingerprint density at radius 3 is 2.86 bits per heavy atom. The van der Waals surface area contributed by atoms with E-state index >= 15 is 0 Å². The molecule has 0 unspecified atom stereocenters. The van der Waals surface area contributed by atoms with Crippen LogP contribution in [0.15, 0.2) is 18.5 Å². The number of H-pyrrole nitrogens is 1. The number of aromatic hydroxyl groups is 1. The number of aromatic nitrogens is 4. The summed E-state index contributed by atoms with van der Waals surface area (Å²) in [5.74, 6) is -1.18. The van der Waals surface area contributed by atoms with Gasteiger partial charge in [-0.25, -0.2) is 9.48 Å². The van der Waals surface area contributed by atoms with Gasteiger partial charge < -0.3 is 10.2 Å². The number of aromatic amines is 1. The fourth-order valence-electron chi connectivity index (χ4n) is 1.02. The second-order valence-corrected chi connectivity index (χ2v) is 2.55. The van der Waals surface area contributed by atoms with Crippen molar-refractivity contribution in [3.8, 4) is 11.6 Å². The largest absolute Gasteiger partial charge is 0.504 e. The summed E-state index contributed by atoms with van der Waals surface area (Å²) in [6, 6.07) is 1.60. The van der Waals surface area contributed by atoms with Crippen molar-refractivity contribution in [3.63, 3.8) is 0 Å². The molecule has 0 aromatic carbocycles. The van der Waals surface area contributed by atoms with Crippen molar-refractivity contribution < 1.29 is 15.0 Å². The molecule has 2 aromatic heterocycles. The van der Waals surface area contributed by atoms with E-state index < -0.39 is 5.97 Å². The number of aromatic carboxylic acids is 1. The standard InChI is InChI=1S/C7H6N4O3/c12-4-3-11(5-1-2-8-9-5)10-6(4)7(13)14/h1-3,12H,(H,8,9)(H,13,14). The van der Waals surface area contributed by atoms with E-state index in [0.29, 0.717) is 5.82 Å². The summed E-state index contributed by atoms with van der Waals surface area (Å²) in [6.45, 7) is 0. The summed E-state index contributed by atoms with van der Waals surface area (Å²) < 4.78 is 1.20. The number of carbonyl (C=O) groups is 1. The van der Waals surface area contributed by atoms with Gasteiger partial charge in [0.25, 0.3) is 0 Å². The van der Waals surface area contributed by atoms with E-state index in [1.165, 1.54) is 17.1 Å². The van der Waals surface area contributed by atoms with Crippen LogP contribution in [-0.2, 0) is 0 Å². The zero-order valence-electron chi connectivity index (χ0n) is 6.88. The van der Waals surface area contributed by atoms with Crippen molar-refractivity contribution >= 4 is 5.97 Å². The lowest BCUT2D eigenvalue weighted by Gasteiger charge is -1.92. The monoisotopic (exact) mass is 194 g/mol. The van der Waals surface area contributed by atoms with Crippen LogP contribution >= 0.6 is 0 Å². The Labute approximate surface area is 77.6 Å². The van der Waals surface area contributed by atoms with Crippen molar-refractivity contribution in [2.75, 3.05) is 0 Å². The second kappa shape index (κ2) is 2.87. The highest BCUT2D eigenvalue weighted by molar-refractivity contribution is 5.88. The molecule has 0 aliphatic heterocycles. The highest BCUT2D eigenvalue weighted by atomic mass is 16.4. The van der Waals surface area contributed by atoms with Crippen molar-refractivity contribution in [1.82, 2.24) is 20.0 Å². The third kappa shape index (κ3) is 1.20. The number of hydrogen-bond donors (Lipinski definition) is 3. The van der Waals surface area contributed by atoms with Crippen molar-refractivity contribution in [3.05, 3.63) is 24.2 Å². The van der Waals surface area contributed by atoms with Gasteiger partial charge in [-0.15, -0.1) is 0 Å². The first-order valence-corrected chi connectivity index (χ1v) is 3.70. The molecule has 72 valence electrons. The van der Waals surface area contributed by atoms with Gasteiger partial charge in [-0.3, -0.25) is 5.10 Å². The molecular formula is C7H6N4O3. The van der Waals surface area contributed by atoms with Gasteiger partial charge in [0.15, 0.2) is 5.75 Å². The summed E-state index contributed by atoms with van der Waals surface area (Å²) in [7, 11) is 0. The summed E-state index contributed by atoms with van der Waals surface area (Å²) in [4.78, 5) is 10.5. The van der Waals surface area contributed by atoms with Crippen LogP contribution in [0.1, 0.15) is 10.5 Å². The minimum absolute atomic E-state index is 0.382. The molecule has 0 atom stereocenters. The summed E-state index contributed by atoms with van der Waals surface area (Å²) in [5, 5.41) is 27.7. The molecule has 14 heavy (non-hydrogen) atoms. The summed E-state index contributed by atoms with van der Waals surface area (Å²) in [6.07, 6.45) is 2.69. The molecule has 0 aliphatic rings. The molecule has 2 rings (SSSR count). The minimum Gasteiger partial charge on any atom is -0.504 e. The third-order valence-electron chi connectivity index (χ3n) is 1.63. The zero-order valence-corrected chi connectivity index (χ0v) is 6.88. The minimum atomic E-state index is -1.28. The van der Waals surface area contributed by atoms with E-state index in [1.54, 1.807) is 6.07 Å². The van der Waals surface area contributed by atoms with Gasteiger partial charge in [0.1, 0.15) is 5.82 Å². The Hall–Kier alpha value is -2.31. The molecular weight excluding hydrogens is 188 g/mol. The summed E-state index contributed by atoms with van der Waals surface area (Å²) in [5.41, 5.74) is -0.389. The maximum absolute atomic E-state index is 10.5. The normalized spacial score (nSPS) is 10.3. The number of carboxylic acid groups (broad SMARTS) is 1. The molecule has 2 aromatic rings. The molecule has 0 radical (unpaired) electrons. The average molecular weight is 194 g/mol. The maximum Gasteiger partial charge on any atom is 0.360 e. The van der Waals surface area contributed by atoms with Crippen LogP contribution < -0.4 is 0 Å². The summed E-state index contributed by atoms with van der Waals surface area (Å²) >= 11 is 0. The molecule has 0 bridgehead atoms. The molecule has 0 saturated heterocycles. The van der Waals surface area contributed by atoms with Crippen LogP contribution in [0.5, 0.6) is 5.75 Å². The molecule has 0 amide bonds. The fraction of sp³-hybridized carbons (Fsp3) is 0. The van der Waals surface area contributed by atoms with Gasteiger partial charge in [-0.05, 0) is 0 Å². The Morgan fingerprint density at radius 2 is 2.36 bits per heavy atom. The number of carboxylic acids is 1. The molecule has 2 heterocycles. The number of rotatable bonds is 2. The lowest BCUT2D eigenvalue weighted by molar-refractivity contribution is 0.0687. The SMILES string of the molecule is O=C(O)c1nn(-c2ccn[nH]2)cc1O. The van der Waals surface area contributed by atoms with E-state index in [0.717, 1.165) is 0 Å². The lowest BCUT2D eigenvalue weighted by Crippen LogP contribution is -2.01. The van der Waals surface area contributed by atoms with E-state index in [9.17, 15) is 9.90 Å². The predicted molar refractivity (Wildman–Crippen MR) is 44.3 cm³/mol. The van der Waals surface area contributed by atoms with Crippen molar-refractivity contribution in [2.24, 2.45) is 0 Å². The van der Waals surface area contributed by atoms with Gasteiger partial charge in [-0.1, -0.05) is 0 Å². The van der Waals surface area contributed by atoms with Gasteiger partial charge in [0.2, 0.25) is 5.69 Å². The average Bonchev–Trinajstić information content (AvgIpc) is 2.70. The lowest BCUT2D eigenvalue weighted by atomic mass is 10.4. The number of nitrogens with zero attached hydrogens (tertiary/aromatic N) is 3. The predicted octanol–water partition coefficient (Wildman–Crippen LogP) is -0.000800. The van der Waals surface area contributed by atoms with Crippen LogP contribution in [-0.4, -0.2) is 36.2 Å². The Balaban J connectivity index is 2.48. The highest BCUT2D eigenvalue weighted by Crippen LogP contribution is 2.16. The Bertz CT molecular complexity index is 459. The van der Waals surface area contributed by atoms with Gasteiger partial charge >= 0.3 is 5.97 Å². The molecule has 7 heteroatoms. The molecule has 0 fully saturated rings. The van der Waals surface area contributed by atoms with E-state index in [1.807, 2.05) is 0 Å². The first kappa shape index (κ1) is 8.30. The fourth-order valence-corrected chi connectivity index (χ4v) is 1.02. The van der Waals surface area contributed by atoms with E-state index in [-0.39, 0.29) is 11.4 Å². The van der Waals surface area contributed by atoms with Gasteiger partial charge in [-0.2, -0.15) is 10.2 Å². The smallest absolute Gasteiger partial charge is 0.360 e. The molecule has 7 nitrogen and oxygen atoms in total. The topological polar surface area (TPSA) is 104 Å². The molecule has 0 saturated carbocycles. The third-order valence-corrected chi connectivity index (χ3v) is 1.63. The quantitative estimate of drug-likeness (QED) is 0.624. The molecule has 3 N–H and O–H groups in total. The van der Waals surface area contributed by atoms with Crippen molar-refractivity contribution in [1.29, 1.82) is 0 Å². The number of nitrogens with one attached hydrogen (secondary N) is 1. The highest BCUT2D eigenvalue weighted by Gasteiger charge is 2.15. The molecule has 0 spiro atoms. The van der Waals surface area contributed by atoms with Crippen LogP contribution in [0.2, 0.25) is 0 Å². The van der Waals surface area contributed by atoms with Crippen LogP contribution in [0.4, 0.5) is 0 Å². The van der Waals surface area contributed by atoms with Crippen LogP contribution in [0, 0.1) is 0 Å². The van der Waals surface area contributed by atoms with Gasteiger partial charge in [0.05, 0.1) is 12.4 Å². The molecule has 0 aliphatic carbocycles. The maximum atomic E-state index is 10.5. The van der Waals surface area contributed by atoms with Crippen LogP contribution in [0.3, 0.4) is 0 Å². The number of hydrogen-bond acceptors (Lipinski definition) is 4. The first-order valence-electron chi connectivity index (χ1n) is 3.70. The van der Waals surface area contributed by atoms with Crippen LogP contribution in [0.25, 0.3) is 5.82 Å². The first-order chi connectivity index (χ1) is 6.68. The van der Waals surface area contributed by atoms with Crippen molar-refractivity contribution in [2.45, 2.75) is 0 Å².